The topological polar surface area (TPSA) is 83.6 Å². The van der Waals surface area contributed by atoms with Gasteiger partial charge in [-0.1, -0.05) is 40.5 Å². The number of Topliss-reactive ketones (excluding diaryl/α,β-unsaturated/α-hetero) is 1. The van der Waals surface area contributed by atoms with Crippen molar-refractivity contribution in [3.05, 3.63) is 87.1 Å². The van der Waals surface area contributed by atoms with E-state index in [0.717, 1.165) is 0 Å². The van der Waals surface area contributed by atoms with E-state index in [1.165, 1.54) is 4.90 Å². The van der Waals surface area contributed by atoms with Gasteiger partial charge in [-0.2, -0.15) is 0 Å². The fourth-order valence-corrected chi connectivity index (χ4v) is 3.62. The second-order valence-electron chi connectivity index (χ2n) is 6.53. The van der Waals surface area contributed by atoms with Crippen molar-refractivity contribution < 1.29 is 19.2 Å². The van der Waals surface area contributed by atoms with Crippen LogP contribution in [0.25, 0.3) is 5.76 Å². The number of ketones is 1. The summed E-state index contributed by atoms with van der Waals surface area (Å²) in [6.45, 7) is 1.68. The van der Waals surface area contributed by atoms with Crippen LogP contribution in [-0.2, 0) is 9.59 Å². The van der Waals surface area contributed by atoms with Gasteiger partial charge in [0, 0.05) is 21.7 Å². The minimum Gasteiger partial charge on any atom is -0.507 e. The van der Waals surface area contributed by atoms with Crippen molar-refractivity contribution in [1.82, 2.24) is 5.16 Å². The Hall–Kier alpha value is -3.09. The lowest BCUT2D eigenvalue weighted by Gasteiger charge is -2.23. The van der Waals surface area contributed by atoms with Crippen LogP contribution in [0.5, 0.6) is 0 Å². The molecule has 146 valence electrons. The van der Waals surface area contributed by atoms with Crippen LogP contribution >= 0.6 is 23.2 Å². The zero-order chi connectivity index (χ0) is 20.7. The molecule has 0 unspecified atom stereocenters. The van der Waals surface area contributed by atoms with Crippen molar-refractivity contribution in [3.8, 4) is 0 Å². The van der Waals surface area contributed by atoms with E-state index in [-0.39, 0.29) is 17.2 Å². The van der Waals surface area contributed by atoms with Gasteiger partial charge in [-0.05, 0) is 48.9 Å². The van der Waals surface area contributed by atoms with Gasteiger partial charge >= 0.3 is 5.91 Å². The van der Waals surface area contributed by atoms with Crippen LogP contribution in [0.15, 0.2) is 64.7 Å². The van der Waals surface area contributed by atoms with Crippen molar-refractivity contribution in [1.29, 1.82) is 0 Å². The monoisotopic (exact) mass is 428 g/mol. The van der Waals surface area contributed by atoms with Gasteiger partial charge in [0.2, 0.25) is 0 Å². The molecule has 1 aromatic heterocycles. The first-order valence-electron chi connectivity index (χ1n) is 8.62. The summed E-state index contributed by atoms with van der Waals surface area (Å²) in [4.78, 5) is 27.0. The lowest BCUT2D eigenvalue weighted by Crippen LogP contribution is -2.29. The van der Waals surface area contributed by atoms with Gasteiger partial charge < -0.3 is 9.63 Å². The van der Waals surface area contributed by atoms with Gasteiger partial charge in [0.15, 0.2) is 5.82 Å². The van der Waals surface area contributed by atoms with E-state index in [9.17, 15) is 14.7 Å². The molecule has 0 bridgehead atoms. The largest absolute Gasteiger partial charge is 0.507 e. The van der Waals surface area contributed by atoms with E-state index in [4.69, 9.17) is 27.7 Å². The Bertz CT molecular complexity index is 1150. The molecule has 0 aliphatic carbocycles. The first-order valence-corrected chi connectivity index (χ1v) is 9.38. The van der Waals surface area contributed by atoms with Crippen LogP contribution in [0, 0.1) is 6.92 Å². The van der Waals surface area contributed by atoms with E-state index in [1.54, 1.807) is 61.5 Å². The summed E-state index contributed by atoms with van der Waals surface area (Å²) in [5.41, 5.74) is 0.837. The molecule has 1 aliphatic rings. The lowest BCUT2D eigenvalue weighted by molar-refractivity contribution is -0.132. The summed E-state index contributed by atoms with van der Waals surface area (Å²) in [7, 11) is 0. The Morgan fingerprint density at radius 1 is 1.07 bits per heavy atom. The predicted molar refractivity (Wildman–Crippen MR) is 109 cm³/mol. The minimum atomic E-state index is -0.922. The number of nitrogens with zero attached hydrogens (tertiary/aromatic N) is 2. The number of halogens is 2. The molecular weight excluding hydrogens is 415 g/mol. The molecule has 0 saturated carbocycles. The number of hydrogen-bond acceptors (Lipinski definition) is 5. The van der Waals surface area contributed by atoms with Crippen LogP contribution < -0.4 is 4.90 Å². The van der Waals surface area contributed by atoms with E-state index < -0.39 is 17.7 Å². The second-order valence-corrected chi connectivity index (χ2v) is 7.40. The van der Waals surface area contributed by atoms with E-state index >= 15 is 0 Å². The fourth-order valence-electron chi connectivity index (χ4n) is 3.29. The Morgan fingerprint density at radius 2 is 1.79 bits per heavy atom. The molecule has 6 nitrogen and oxygen atoms in total. The summed E-state index contributed by atoms with van der Waals surface area (Å²) in [5.74, 6) is -1.32. The van der Waals surface area contributed by atoms with Crippen LogP contribution in [0.2, 0.25) is 10.0 Å². The molecule has 1 amide bonds. The maximum Gasteiger partial charge on any atom is 0.301 e. The molecule has 0 spiro atoms. The van der Waals surface area contributed by atoms with E-state index in [2.05, 4.69) is 5.16 Å². The van der Waals surface area contributed by atoms with Gasteiger partial charge in [0.25, 0.3) is 5.78 Å². The average molecular weight is 429 g/mol. The van der Waals surface area contributed by atoms with Gasteiger partial charge in [-0.25, -0.2) is 0 Å². The third-order valence-corrected chi connectivity index (χ3v) is 5.08. The molecule has 29 heavy (non-hydrogen) atoms. The molecule has 4 rings (SSSR count). The summed E-state index contributed by atoms with van der Waals surface area (Å²) >= 11 is 12.1. The molecule has 1 saturated heterocycles. The molecule has 3 aromatic rings. The molecular formula is C21H14Cl2N2O4. The predicted octanol–water partition coefficient (Wildman–Crippen LogP) is 4.92. The summed E-state index contributed by atoms with van der Waals surface area (Å²) in [6.07, 6.45) is 0. The standard InChI is InChI=1S/C21H14Cl2N2O4/c1-11-9-16(24-29-11)25-18(13-3-2-4-15(23)10-13)17(20(27)21(25)28)19(26)12-5-7-14(22)8-6-12/h2-10,18,26H,1H3/b19-17+/t18-/m1/s1. The first kappa shape index (κ1) is 19.2. The molecule has 8 heteroatoms. The second kappa shape index (κ2) is 7.39. The number of amides is 1. The average Bonchev–Trinajstić information content (AvgIpc) is 3.23. The van der Waals surface area contributed by atoms with Crippen LogP contribution in [0.3, 0.4) is 0 Å². The Morgan fingerprint density at radius 3 is 2.41 bits per heavy atom. The maximum atomic E-state index is 12.9. The highest BCUT2D eigenvalue weighted by Crippen LogP contribution is 2.42. The molecule has 1 N–H and O–H groups in total. The molecule has 1 fully saturated rings. The zero-order valence-electron chi connectivity index (χ0n) is 15.1. The van der Waals surface area contributed by atoms with E-state index in [0.29, 0.717) is 26.9 Å². The highest BCUT2D eigenvalue weighted by molar-refractivity contribution is 6.51. The van der Waals surface area contributed by atoms with Crippen LogP contribution in [0.1, 0.15) is 22.9 Å². The summed E-state index contributed by atoms with van der Waals surface area (Å²) in [5, 5.41) is 15.7. The van der Waals surface area contributed by atoms with Gasteiger partial charge in [-0.3, -0.25) is 14.5 Å². The van der Waals surface area contributed by atoms with Gasteiger partial charge in [0.1, 0.15) is 11.5 Å². The first-order chi connectivity index (χ1) is 13.9. The number of benzene rings is 2. The highest BCUT2D eigenvalue weighted by atomic mass is 35.5. The maximum absolute atomic E-state index is 12.9. The van der Waals surface area contributed by atoms with E-state index in [1.807, 2.05) is 0 Å². The normalized spacial score (nSPS) is 18.4. The number of aliphatic hydroxyl groups is 1. The number of carbonyl (C=O) groups excluding carboxylic acids is 2. The molecule has 2 aromatic carbocycles. The number of anilines is 1. The van der Waals surface area contributed by atoms with Gasteiger partial charge in [0.05, 0.1) is 11.6 Å². The molecule has 1 aliphatic heterocycles. The number of carbonyl (C=O) groups is 2. The smallest absolute Gasteiger partial charge is 0.301 e. The van der Waals surface area contributed by atoms with Crippen molar-refractivity contribution >= 4 is 46.5 Å². The minimum absolute atomic E-state index is 0.0692. The summed E-state index contributed by atoms with van der Waals surface area (Å²) in [6, 6.07) is 13.7. The number of hydrogen-bond donors (Lipinski definition) is 1. The third kappa shape index (κ3) is 3.41. The zero-order valence-corrected chi connectivity index (χ0v) is 16.6. The number of aliphatic hydroxyl groups excluding tert-OH is 1. The Balaban J connectivity index is 1.95. The van der Waals surface area contributed by atoms with Crippen molar-refractivity contribution in [2.45, 2.75) is 13.0 Å². The van der Waals surface area contributed by atoms with Crippen molar-refractivity contribution in [3.63, 3.8) is 0 Å². The number of aromatic nitrogens is 1. The SMILES string of the molecule is Cc1cc(N2C(=O)C(=O)/C(=C(/O)c3ccc(Cl)cc3)[C@H]2c2cccc(Cl)c2)no1. The summed E-state index contributed by atoms with van der Waals surface area (Å²) < 4.78 is 5.09. The third-order valence-electron chi connectivity index (χ3n) is 4.59. The van der Waals surface area contributed by atoms with Crippen LogP contribution in [-0.4, -0.2) is 22.0 Å². The quantitative estimate of drug-likeness (QED) is 0.363. The Kier molecular flexibility index (Phi) is 4.90. The van der Waals surface area contributed by atoms with Crippen LogP contribution in [0.4, 0.5) is 5.82 Å². The molecule has 2 heterocycles. The van der Waals surface area contributed by atoms with Gasteiger partial charge in [-0.15, -0.1) is 0 Å². The molecule has 1 atom stereocenters. The molecule has 0 radical (unpaired) electrons. The number of aryl methyl sites for hydroxylation is 1. The number of rotatable bonds is 3. The highest BCUT2D eigenvalue weighted by Gasteiger charge is 2.48. The van der Waals surface area contributed by atoms with Crippen molar-refractivity contribution in [2.75, 3.05) is 4.90 Å². The fraction of sp³-hybridized carbons (Fsp3) is 0.0952. The lowest BCUT2D eigenvalue weighted by atomic mass is 9.95. The van der Waals surface area contributed by atoms with Crippen molar-refractivity contribution in [2.24, 2.45) is 0 Å². The Labute approximate surface area is 175 Å².